The summed E-state index contributed by atoms with van der Waals surface area (Å²) in [5.41, 5.74) is 2.54. The molecule has 1 aromatic heterocycles. The molecule has 1 unspecified atom stereocenters. The molecule has 1 saturated heterocycles. The second kappa shape index (κ2) is 4.64. The zero-order valence-corrected chi connectivity index (χ0v) is 10.3. The van der Waals surface area contributed by atoms with E-state index in [-0.39, 0.29) is 0 Å². The van der Waals surface area contributed by atoms with Crippen molar-refractivity contribution in [1.82, 2.24) is 4.90 Å². The monoisotopic (exact) mass is 224 g/mol. The van der Waals surface area contributed by atoms with Crippen molar-refractivity contribution < 1.29 is 4.74 Å². The van der Waals surface area contributed by atoms with Crippen LogP contribution in [0.4, 0.5) is 0 Å². The molecule has 83 valence electrons. The Bertz CT molecular complexity index is 328. The average molecular weight is 224 g/mol. The van der Waals surface area contributed by atoms with E-state index in [1.165, 1.54) is 16.0 Å². The zero-order chi connectivity index (χ0) is 10.8. The van der Waals surface area contributed by atoms with Crippen LogP contribution in [0.2, 0.25) is 0 Å². The summed E-state index contributed by atoms with van der Waals surface area (Å²) < 4.78 is 5.37. The first-order valence-electron chi connectivity index (χ1n) is 5.42. The summed E-state index contributed by atoms with van der Waals surface area (Å²) in [6, 6.07) is 0.509. The Morgan fingerprint density at radius 1 is 1.47 bits per heavy atom. The summed E-state index contributed by atoms with van der Waals surface area (Å²) in [6.07, 6.45) is 0. The van der Waals surface area contributed by atoms with E-state index in [0.717, 1.165) is 26.3 Å². The molecule has 1 atom stereocenters. The van der Waals surface area contributed by atoms with Gasteiger partial charge in [-0.2, -0.15) is 0 Å². The van der Waals surface area contributed by atoms with Crippen molar-refractivity contribution in [2.24, 2.45) is 0 Å². The molecule has 1 fully saturated rings. The second-order valence-electron chi connectivity index (χ2n) is 4.07. The number of thiophene rings is 1. The van der Waals surface area contributed by atoms with Crippen LogP contribution in [0.3, 0.4) is 0 Å². The Morgan fingerprint density at radius 3 is 2.67 bits per heavy atom. The van der Waals surface area contributed by atoms with Gasteiger partial charge in [0.25, 0.3) is 0 Å². The Kier molecular flexibility index (Phi) is 3.44. The van der Waals surface area contributed by atoms with E-state index in [1.54, 1.807) is 0 Å². The maximum Gasteiger partial charge on any atom is 0.0594 e. The van der Waals surface area contributed by atoms with Gasteiger partial charge in [-0.25, -0.2) is 0 Å². The minimum atomic E-state index is 0.509. The Balaban J connectivity index is 2.12. The maximum absolute atomic E-state index is 5.37. The molecule has 0 aliphatic carbocycles. The lowest BCUT2D eigenvalue weighted by atomic mass is 10.1. The lowest BCUT2D eigenvalue weighted by Gasteiger charge is -2.32. The molecule has 0 spiro atoms. The van der Waals surface area contributed by atoms with Gasteiger partial charge in [-0.1, -0.05) is 0 Å². The molecular weight excluding hydrogens is 206 g/mol. The summed E-state index contributed by atoms with van der Waals surface area (Å²) in [7, 11) is 0. The van der Waals surface area contributed by atoms with E-state index in [1.807, 2.05) is 11.3 Å². The third-order valence-electron chi connectivity index (χ3n) is 3.15. The molecule has 0 bridgehead atoms. The van der Waals surface area contributed by atoms with Crippen LogP contribution >= 0.6 is 11.3 Å². The molecule has 0 aromatic carbocycles. The fourth-order valence-electron chi connectivity index (χ4n) is 2.01. The van der Waals surface area contributed by atoms with Crippen LogP contribution in [0.15, 0.2) is 5.38 Å². The Hall–Kier alpha value is -0.380. The molecule has 1 aliphatic heterocycles. The van der Waals surface area contributed by atoms with Gasteiger partial charge >= 0.3 is 0 Å². The van der Waals surface area contributed by atoms with Crippen molar-refractivity contribution in [3.63, 3.8) is 0 Å². The SMILES string of the molecule is [CH2]c1csc(C(C)N2CCOCC2)c1C. The molecule has 0 saturated carbocycles. The fourth-order valence-corrected chi connectivity index (χ4v) is 3.11. The average Bonchev–Trinajstić information content (AvgIpc) is 2.60. The van der Waals surface area contributed by atoms with Crippen LogP contribution in [0, 0.1) is 13.8 Å². The van der Waals surface area contributed by atoms with Gasteiger partial charge in [-0.15, -0.1) is 11.3 Å². The predicted molar refractivity (Wildman–Crippen MR) is 64.3 cm³/mol. The number of nitrogens with zero attached hydrogens (tertiary/aromatic N) is 1. The van der Waals surface area contributed by atoms with Crippen molar-refractivity contribution >= 4 is 11.3 Å². The highest BCUT2D eigenvalue weighted by Gasteiger charge is 2.21. The van der Waals surface area contributed by atoms with Crippen LogP contribution < -0.4 is 0 Å². The predicted octanol–water partition coefficient (Wildman–Crippen LogP) is 2.63. The highest BCUT2D eigenvalue weighted by Crippen LogP contribution is 2.31. The first-order chi connectivity index (χ1) is 7.20. The normalized spacial score (nSPS) is 20.5. The molecule has 2 nitrogen and oxygen atoms in total. The van der Waals surface area contributed by atoms with Crippen molar-refractivity contribution in [3.8, 4) is 0 Å². The number of morpholine rings is 1. The molecule has 0 amide bonds. The molecule has 0 N–H and O–H groups in total. The van der Waals surface area contributed by atoms with Gasteiger partial charge in [0.15, 0.2) is 0 Å². The van der Waals surface area contributed by atoms with Gasteiger partial charge in [-0.3, -0.25) is 4.90 Å². The number of ether oxygens (including phenoxy) is 1. The van der Waals surface area contributed by atoms with E-state index in [0.29, 0.717) is 6.04 Å². The largest absolute Gasteiger partial charge is 0.379 e. The summed E-state index contributed by atoms with van der Waals surface area (Å²) >= 11 is 1.83. The topological polar surface area (TPSA) is 12.5 Å². The highest BCUT2D eigenvalue weighted by molar-refractivity contribution is 7.10. The third kappa shape index (κ3) is 2.25. The van der Waals surface area contributed by atoms with Gasteiger partial charge in [0.05, 0.1) is 13.2 Å². The van der Waals surface area contributed by atoms with Crippen LogP contribution in [0.25, 0.3) is 0 Å². The highest BCUT2D eigenvalue weighted by atomic mass is 32.1. The van der Waals surface area contributed by atoms with E-state index in [4.69, 9.17) is 4.74 Å². The molecule has 2 rings (SSSR count). The summed E-state index contributed by atoms with van der Waals surface area (Å²) in [6.45, 7) is 12.3. The summed E-state index contributed by atoms with van der Waals surface area (Å²) in [5.74, 6) is 0. The lowest BCUT2D eigenvalue weighted by molar-refractivity contribution is 0.0204. The molecule has 2 heterocycles. The van der Waals surface area contributed by atoms with Gasteiger partial charge in [0, 0.05) is 24.0 Å². The van der Waals surface area contributed by atoms with Crippen molar-refractivity contribution in [2.45, 2.75) is 19.9 Å². The molecule has 3 heteroatoms. The van der Waals surface area contributed by atoms with E-state index >= 15 is 0 Å². The maximum atomic E-state index is 5.37. The van der Waals surface area contributed by atoms with Crippen LogP contribution in [0.5, 0.6) is 0 Å². The number of rotatable bonds is 2. The van der Waals surface area contributed by atoms with Crippen molar-refractivity contribution in [1.29, 1.82) is 0 Å². The van der Waals surface area contributed by atoms with Gasteiger partial charge < -0.3 is 4.74 Å². The fraction of sp³-hybridized carbons (Fsp3) is 0.583. The lowest BCUT2D eigenvalue weighted by Crippen LogP contribution is -2.37. The molecule has 1 aromatic rings. The third-order valence-corrected chi connectivity index (χ3v) is 4.46. The Labute approximate surface area is 95.9 Å². The van der Waals surface area contributed by atoms with Gasteiger partial charge in [-0.05, 0) is 37.3 Å². The van der Waals surface area contributed by atoms with Crippen molar-refractivity contribution in [2.75, 3.05) is 26.3 Å². The number of hydrogen-bond donors (Lipinski definition) is 0. The molecule has 15 heavy (non-hydrogen) atoms. The molecule has 1 aliphatic rings. The van der Waals surface area contributed by atoms with Gasteiger partial charge in [0.1, 0.15) is 0 Å². The summed E-state index contributed by atoms with van der Waals surface area (Å²) in [4.78, 5) is 3.95. The van der Waals surface area contributed by atoms with Crippen molar-refractivity contribution in [3.05, 3.63) is 28.3 Å². The molecular formula is C12H18NOS. The zero-order valence-electron chi connectivity index (χ0n) is 9.45. The van der Waals surface area contributed by atoms with E-state index in [2.05, 4.69) is 31.1 Å². The standard InChI is InChI=1S/C12H18NOS/c1-9-8-15-12(10(9)2)11(3)13-4-6-14-7-5-13/h8,11H,1,4-7H2,2-3H3. The molecule has 1 radical (unpaired) electrons. The first-order valence-corrected chi connectivity index (χ1v) is 6.30. The minimum absolute atomic E-state index is 0.509. The van der Waals surface area contributed by atoms with Crippen LogP contribution in [0.1, 0.15) is 29.0 Å². The van der Waals surface area contributed by atoms with Crippen LogP contribution in [-0.2, 0) is 4.74 Å². The van der Waals surface area contributed by atoms with Gasteiger partial charge in [0.2, 0.25) is 0 Å². The van der Waals surface area contributed by atoms with Crippen LogP contribution in [-0.4, -0.2) is 31.2 Å². The second-order valence-corrected chi connectivity index (χ2v) is 4.99. The quantitative estimate of drug-likeness (QED) is 0.765. The van der Waals surface area contributed by atoms with E-state index in [9.17, 15) is 0 Å². The minimum Gasteiger partial charge on any atom is -0.379 e. The van der Waals surface area contributed by atoms with E-state index < -0.39 is 0 Å². The summed E-state index contributed by atoms with van der Waals surface area (Å²) in [5, 5.41) is 2.15. The first kappa shape index (κ1) is 11.1. The smallest absolute Gasteiger partial charge is 0.0594 e. The Morgan fingerprint density at radius 2 is 2.13 bits per heavy atom. The number of hydrogen-bond acceptors (Lipinski definition) is 3.